The van der Waals surface area contributed by atoms with Crippen molar-refractivity contribution in [2.75, 3.05) is 12.3 Å². The van der Waals surface area contributed by atoms with Gasteiger partial charge in [0, 0.05) is 5.75 Å². The number of carbonyl (C=O) groups excluding carboxylic acids is 1. The molecule has 148 valence electrons. The minimum Gasteiger partial charge on any atom is -0.368 e. The number of allylic oxidation sites excluding steroid dienone is 2. The maximum atomic E-state index is 11.0. The Balaban J connectivity index is 3.20. The zero-order chi connectivity index (χ0) is 18.6. The van der Waals surface area contributed by atoms with Gasteiger partial charge in [0.2, 0.25) is 5.91 Å². The summed E-state index contributed by atoms with van der Waals surface area (Å²) in [6.07, 6.45) is 23.1. The first kappa shape index (κ1) is 24.5. The van der Waals surface area contributed by atoms with E-state index in [-0.39, 0.29) is 11.9 Å². The van der Waals surface area contributed by atoms with E-state index in [2.05, 4.69) is 37.0 Å². The van der Waals surface area contributed by atoms with Gasteiger partial charge in [-0.3, -0.25) is 4.79 Å². The summed E-state index contributed by atoms with van der Waals surface area (Å²) in [5, 5.41) is 3.16. The van der Waals surface area contributed by atoms with Crippen molar-refractivity contribution in [2.24, 2.45) is 5.73 Å². The molecule has 0 aromatic heterocycles. The molecule has 0 heterocycles. The van der Waals surface area contributed by atoms with E-state index in [0.717, 1.165) is 13.0 Å². The summed E-state index contributed by atoms with van der Waals surface area (Å²) in [4.78, 5) is 11.0. The predicted octanol–water partition coefficient (Wildman–Crippen LogP) is 5.40. The molecular formula is C21H42N2OS. The number of primary amides is 1. The Labute approximate surface area is 162 Å². The highest BCUT2D eigenvalue weighted by atomic mass is 32.1. The molecule has 3 N–H and O–H groups in total. The lowest BCUT2D eigenvalue weighted by Gasteiger charge is -2.12. The second kappa shape index (κ2) is 19.8. The first-order chi connectivity index (χ1) is 12.2. The van der Waals surface area contributed by atoms with Crippen LogP contribution in [0.25, 0.3) is 0 Å². The molecule has 0 aliphatic rings. The second-order valence-corrected chi connectivity index (χ2v) is 7.39. The van der Waals surface area contributed by atoms with Gasteiger partial charge in [-0.1, -0.05) is 76.9 Å². The number of rotatable bonds is 19. The van der Waals surface area contributed by atoms with Gasteiger partial charge in [-0.15, -0.1) is 0 Å². The van der Waals surface area contributed by atoms with E-state index in [1.807, 2.05) is 0 Å². The number of nitrogens with one attached hydrogen (secondary N) is 1. The van der Waals surface area contributed by atoms with Crippen LogP contribution >= 0.6 is 12.6 Å². The Morgan fingerprint density at radius 3 is 1.84 bits per heavy atom. The molecule has 0 bridgehead atoms. The largest absolute Gasteiger partial charge is 0.368 e. The SMILES string of the molecule is CCCCCCCC/C=C\CCCCCCCCN[C@@H](CS)C(N)=O. The van der Waals surface area contributed by atoms with E-state index in [9.17, 15) is 4.79 Å². The average molecular weight is 371 g/mol. The van der Waals surface area contributed by atoms with Crippen LogP contribution in [-0.4, -0.2) is 24.2 Å². The molecule has 0 aliphatic heterocycles. The smallest absolute Gasteiger partial charge is 0.235 e. The Bertz CT molecular complexity index is 321. The number of carbonyl (C=O) groups is 1. The van der Waals surface area contributed by atoms with Crippen LogP contribution in [0.5, 0.6) is 0 Å². The summed E-state index contributed by atoms with van der Waals surface area (Å²) in [7, 11) is 0. The van der Waals surface area contributed by atoms with Crippen molar-refractivity contribution in [3.05, 3.63) is 12.2 Å². The van der Waals surface area contributed by atoms with Gasteiger partial charge in [0.05, 0.1) is 6.04 Å². The van der Waals surface area contributed by atoms with Crippen molar-refractivity contribution >= 4 is 18.5 Å². The molecule has 0 aliphatic carbocycles. The molecule has 0 saturated carbocycles. The zero-order valence-corrected chi connectivity index (χ0v) is 17.4. The quantitative estimate of drug-likeness (QED) is 0.162. The number of hydrogen-bond acceptors (Lipinski definition) is 3. The Kier molecular flexibility index (Phi) is 19.5. The monoisotopic (exact) mass is 370 g/mol. The summed E-state index contributed by atoms with van der Waals surface area (Å²) in [6, 6.07) is -0.286. The maximum absolute atomic E-state index is 11.0. The van der Waals surface area contributed by atoms with Gasteiger partial charge in [0.1, 0.15) is 0 Å². The fraction of sp³-hybridized carbons (Fsp3) is 0.857. The van der Waals surface area contributed by atoms with Crippen molar-refractivity contribution in [1.82, 2.24) is 5.32 Å². The van der Waals surface area contributed by atoms with Gasteiger partial charge in [-0.25, -0.2) is 0 Å². The van der Waals surface area contributed by atoms with E-state index in [0.29, 0.717) is 5.75 Å². The van der Waals surface area contributed by atoms with Gasteiger partial charge in [0.15, 0.2) is 0 Å². The third-order valence-corrected chi connectivity index (χ3v) is 4.97. The predicted molar refractivity (Wildman–Crippen MR) is 114 cm³/mol. The molecule has 0 aromatic rings. The molecular weight excluding hydrogens is 328 g/mol. The van der Waals surface area contributed by atoms with Crippen LogP contribution in [0.4, 0.5) is 0 Å². The molecule has 0 unspecified atom stereocenters. The van der Waals surface area contributed by atoms with E-state index in [1.54, 1.807) is 0 Å². The second-order valence-electron chi connectivity index (χ2n) is 7.03. The van der Waals surface area contributed by atoms with Crippen LogP contribution in [-0.2, 0) is 4.79 Å². The molecule has 0 spiro atoms. The van der Waals surface area contributed by atoms with Crippen molar-refractivity contribution < 1.29 is 4.79 Å². The standard InChI is InChI=1S/C21H42N2OS/c1-2-3-4-5-6-7-8-9-10-11-12-13-14-15-16-17-18-23-20(19-25)21(22)24/h9-10,20,23,25H,2-8,11-19H2,1H3,(H2,22,24)/b10-9-/t20-/m0/s1. The van der Waals surface area contributed by atoms with E-state index < -0.39 is 0 Å². The van der Waals surface area contributed by atoms with Crippen molar-refractivity contribution in [3.8, 4) is 0 Å². The lowest BCUT2D eigenvalue weighted by molar-refractivity contribution is -0.119. The van der Waals surface area contributed by atoms with Crippen molar-refractivity contribution in [3.63, 3.8) is 0 Å². The molecule has 1 atom stereocenters. The molecule has 25 heavy (non-hydrogen) atoms. The van der Waals surface area contributed by atoms with Gasteiger partial charge < -0.3 is 11.1 Å². The summed E-state index contributed by atoms with van der Waals surface area (Å²) >= 11 is 4.12. The maximum Gasteiger partial charge on any atom is 0.235 e. The number of amides is 1. The zero-order valence-electron chi connectivity index (χ0n) is 16.5. The topological polar surface area (TPSA) is 55.1 Å². The number of unbranched alkanes of at least 4 members (excludes halogenated alkanes) is 12. The normalized spacial score (nSPS) is 12.7. The Hall–Kier alpha value is -0.480. The highest BCUT2D eigenvalue weighted by Crippen LogP contribution is 2.09. The molecule has 1 amide bonds. The van der Waals surface area contributed by atoms with Crippen LogP contribution in [0.2, 0.25) is 0 Å². The Morgan fingerprint density at radius 1 is 0.880 bits per heavy atom. The van der Waals surface area contributed by atoms with E-state index in [4.69, 9.17) is 5.73 Å². The molecule has 0 aromatic carbocycles. The summed E-state index contributed by atoms with van der Waals surface area (Å²) in [5.41, 5.74) is 5.26. The van der Waals surface area contributed by atoms with Crippen LogP contribution < -0.4 is 11.1 Å². The minimum absolute atomic E-state index is 0.286. The lowest BCUT2D eigenvalue weighted by Crippen LogP contribution is -2.43. The first-order valence-corrected chi connectivity index (χ1v) is 11.1. The van der Waals surface area contributed by atoms with E-state index >= 15 is 0 Å². The molecule has 0 saturated heterocycles. The summed E-state index contributed by atoms with van der Waals surface area (Å²) in [5.74, 6) is 0.168. The summed E-state index contributed by atoms with van der Waals surface area (Å²) in [6.45, 7) is 3.13. The minimum atomic E-state index is -0.306. The number of thiol groups is 1. The third kappa shape index (κ3) is 18.1. The number of hydrogen-bond donors (Lipinski definition) is 3. The van der Waals surface area contributed by atoms with Gasteiger partial charge >= 0.3 is 0 Å². The highest BCUT2D eigenvalue weighted by Gasteiger charge is 2.10. The highest BCUT2D eigenvalue weighted by molar-refractivity contribution is 7.80. The lowest BCUT2D eigenvalue weighted by atomic mass is 10.1. The molecule has 0 rings (SSSR count). The molecule has 3 nitrogen and oxygen atoms in total. The van der Waals surface area contributed by atoms with Crippen LogP contribution in [0.1, 0.15) is 96.8 Å². The first-order valence-electron chi connectivity index (χ1n) is 10.5. The third-order valence-electron chi connectivity index (χ3n) is 4.61. The average Bonchev–Trinajstić information content (AvgIpc) is 2.60. The fourth-order valence-electron chi connectivity index (χ4n) is 2.90. The van der Waals surface area contributed by atoms with Crippen LogP contribution in [0.3, 0.4) is 0 Å². The fourth-order valence-corrected chi connectivity index (χ4v) is 3.21. The summed E-state index contributed by atoms with van der Waals surface area (Å²) < 4.78 is 0. The van der Waals surface area contributed by atoms with Gasteiger partial charge in [-0.2, -0.15) is 12.6 Å². The Morgan fingerprint density at radius 2 is 1.36 bits per heavy atom. The van der Waals surface area contributed by atoms with Crippen molar-refractivity contribution in [1.29, 1.82) is 0 Å². The van der Waals surface area contributed by atoms with Crippen molar-refractivity contribution in [2.45, 2.75) is 103 Å². The van der Waals surface area contributed by atoms with Crippen LogP contribution in [0.15, 0.2) is 12.2 Å². The van der Waals surface area contributed by atoms with Crippen LogP contribution in [0, 0.1) is 0 Å². The molecule has 4 heteroatoms. The molecule has 0 radical (unpaired) electrons. The molecule has 0 fully saturated rings. The number of nitrogens with two attached hydrogens (primary N) is 1. The van der Waals surface area contributed by atoms with E-state index in [1.165, 1.54) is 83.5 Å². The van der Waals surface area contributed by atoms with Gasteiger partial charge in [0.25, 0.3) is 0 Å². The van der Waals surface area contributed by atoms with Gasteiger partial charge in [-0.05, 0) is 38.6 Å².